The second-order valence-corrected chi connectivity index (χ2v) is 3.74. The quantitative estimate of drug-likeness (QED) is 0.466. The van der Waals surface area contributed by atoms with Gasteiger partial charge in [0.2, 0.25) is 0 Å². The monoisotopic (exact) mass is 229 g/mol. The van der Waals surface area contributed by atoms with Crippen molar-refractivity contribution in [3.8, 4) is 0 Å². The van der Waals surface area contributed by atoms with Crippen LogP contribution in [0.5, 0.6) is 0 Å². The Morgan fingerprint density at radius 3 is 2.57 bits per heavy atom. The molecule has 1 aromatic rings. The van der Waals surface area contributed by atoms with Crippen molar-refractivity contribution in [2.45, 2.75) is 0 Å². The molecule has 6 heteroatoms. The molecule has 0 aliphatic carbocycles. The van der Waals surface area contributed by atoms with E-state index >= 15 is 0 Å². The summed E-state index contributed by atoms with van der Waals surface area (Å²) in [7, 11) is -0.828. The lowest BCUT2D eigenvalue weighted by Gasteiger charge is -2.13. The highest BCUT2D eigenvalue weighted by atomic mass is 32.1. The highest BCUT2D eigenvalue weighted by Gasteiger charge is 2.16. The van der Waals surface area contributed by atoms with Crippen LogP contribution in [0.3, 0.4) is 0 Å². The highest BCUT2D eigenvalue weighted by molar-refractivity contribution is 7.80. The van der Waals surface area contributed by atoms with Crippen LogP contribution < -0.4 is 5.20 Å². The molecule has 74 valence electrons. The van der Waals surface area contributed by atoms with Crippen LogP contribution in [0.4, 0.5) is 0 Å². The SMILES string of the molecule is CN(N[P+](=O)O)C(=S)c1ccccc1. The molecule has 0 aliphatic rings. The van der Waals surface area contributed by atoms with Crippen molar-refractivity contribution in [1.29, 1.82) is 0 Å². The molecule has 14 heavy (non-hydrogen) atoms. The molecule has 1 aromatic carbocycles. The fourth-order valence-electron chi connectivity index (χ4n) is 0.948. The molecule has 2 N–H and O–H groups in total. The fraction of sp³-hybridized carbons (Fsp3) is 0.125. The Hall–Kier alpha value is -0.870. The molecule has 1 unspecified atom stereocenters. The van der Waals surface area contributed by atoms with Gasteiger partial charge in [0, 0.05) is 17.8 Å². The lowest BCUT2D eigenvalue weighted by atomic mass is 10.2. The molecule has 0 aliphatic heterocycles. The van der Waals surface area contributed by atoms with Gasteiger partial charge in [-0.3, -0.25) is 5.01 Å². The standard InChI is InChI=1S/C8H9N2O2PS/c1-10(9-13(11)12)8(14)7-5-3-2-4-6-7/h2-6H,1H3,(H-,9,11,12)/p+1. The third kappa shape index (κ3) is 3.12. The predicted molar refractivity (Wildman–Crippen MR) is 58.9 cm³/mol. The maximum atomic E-state index is 10.5. The lowest BCUT2D eigenvalue weighted by Crippen LogP contribution is -2.34. The van der Waals surface area contributed by atoms with Gasteiger partial charge in [-0.2, -0.15) is 0 Å². The molecule has 0 saturated heterocycles. The summed E-state index contributed by atoms with van der Waals surface area (Å²) in [5, 5.41) is 3.65. The summed E-state index contributed by atoms with van der Waals surface area (Å²) >= 11 is 5.09. The van der Waals surface area contributed by atoms with Gasteiger partial charge in [-0.05, 0) is 4.57 Å². The number of hydrogen-bond acceptors (Lipinski definition) is 2. The van der Waals surface area contributed by atoms with Crippen molar-refractivity contribution < 1.29 is 9.46 Å². The van der Waals surface area contributed by atoms with Crippen LogP contribution in [0.2, 0.25) is 0 Å². The Balaban J connectivity index is 2.71. The van der Waals surface area contributed by atoms with Gasteiger partial charge in [-0.1, -0.05) is 42.5 Å². The summed E-state index contributed by atoms with van der Waals surface area (Å²) in [4.78, 5) is 9.09. The van der Waals surface area contributed by atoms with Crippen molar-refractivity contribution >= 4 is 25.4 Å². The summed E-state index contributed by atoms with van der Waals surface area (Å²) in [5.41, 5.74) is 0.828. The summed E-state index contributed by atoms with van der Waals surface area (Å²) in [6.45, 7) is 0. The Kier molecular flexibility index (Phi) is 4.10. The van der Waals surface area contributed by atoms with Crippen LogP contribution in [-0.2, 0) is 4.57 Å². The molecule has 4 nitrogen and oxygen atoms in total. The maximum Gasteiger partial charge on any atom is 0.630 e. The molecule has 0 aromatic heterocycles. The first-order chi connectivity index (χ1) is 6.61. The molecule has 0 bridgehead atoms. The van der Waals surface area contributed by atoms with Crippen LogP contribution in [0.15, 0.2) is 30.3 Å². The largest absolute Gasteiger partial charge is 0.630 e. The molecule has 1 atom stereocenters. The molecule has 1 rings (SSSR count). The summed E-state index contributed by atoms with van der Waals surface area (Å²) in [5.74, 6) is 0. The molecule has 0 saturated carbocycles. The second kappa shape index (κ2) is 5.12. The number of rotatable bonds is 3. The smallest absolute Gasteiger partial charge is 0.259 e. The number of thiocarbonyl (C=S) groups is 1. The second-order valence-electron chi connectivity index (χ2n) is 2.60. The van der Waals surface area contributed by atoms with Crippen molar-refractivity contribution in [1.82, 2.24) is 10.2 Å². The third-order valence-electron chi connectivity index (χ3n) is 1.56. The van der Waals surface area contributed by atoms with E-state index in [0.29, 0.717) is 4.99 Å². The van der Waals surface area contributed by atoms with Crippen LogP contribution in [0, 0.1) is 0 Å². The van der Waals surface area contributed by atoms with Crippen LogP contribution in [0.1, 0.15) is 5.56 Å². The number of nitrogens with one attached hydrogen (secondary N) is 1. The first-order valence-corrected chi connectivity index (χ1v) is 5.49. The van der Waals surface area contributed by atoms with Gasteiger partial charge in [0.25, 0.3) is 0 Å². The minimum Gasteiger partial charge on any atom is -0.259 e. The van der Waals surface area contributed by atoms with Gasteiger partial charge in [0.15, 0.2) is 0 Å². The first kappa shape index (κ1) is 11.2. The summed E-state index contributed by atoms with van der Waals surface area (Å²) in [6.07, 6.45) is 0. The van der Waals surface area contributed by atoms with E-state index in [0.717, 1.165) is 5.56 Å². The first-order valence-electron chi connectivity index (χ1n) is 3.87. The molecule has 0 heterocycles. The Labute approximate surface area is 88.4 Å². The predicted octanol–water partition coefficient (Wildman–Crippen LogP) is 1.45. The molecular formula is C8H10N2O2PS+. The van der Waals surface area contributed by atoms with E-state index in [1.54, 1.807) is 7.05 Å². The summed E-state index contributed by atoms with van der Waals surface area (Å²) < 4.78 is 10.5. The fourth-order valence-corrected chi connectivity index (χ4v) is 1.55. The molecule has 0 radical (unpaired) electrons. The maximum absolute atomic E-state index is 10.5. The topological polar surface area (TPSA) is 52.6 Å². The third-order valence-corrected chi connectivity index (χ3v) is 2.54. The number of hydrazine groups is 1. The van der Waals surface area contributed by atoms with Crippen molar-refractivity contribution in [3.63, 3.8) is 0 Å². The Bertz CT molecular complexity index is 344. The van der Waals surface area contributed by atoms with Gasteiger partial charge in [0.05, 0.1) is 0 Å². The van der Waals surface area contributed by atoms with Crippen LogP contribution in [-0.4, -0.2) is 21.9 Å². The molecular weight excluding hydrogens is 219 g/mol. The van der Waals surface area contributed by atoms with E-state index < -0.39 is 8.18 Å². The zero-order chi connectivity index (χ0) is 10.6. The van der Waals surface area contributed by atoms with E-state index in [9.17, 15) is 4.57 Å². The number of hydrogen-bond donors (Lipinski definition) is 2. The lowest BCUT2D eigenvalue weighted by molar-refractivity contribution is 0.413. The highest BCUT2D eigenvalue weighted by Crippen LogP contribution is 2.09. The molecule has 0 amide bonds. The van der Waals surface area contributed by atoms with E-state index in [4.69, 9.17) is 17.1 Å². The van der Waals surface area contributed by atoms with E-state index in [1.165, 1.54) is 5.01 Å². The average molecular weight is 229 g/mol. The van der Waals surface area contributed by atoms with Gasteiger partial charge < -0.3 is 0 Å². The minimum absolute atomic E-state index is 0.475. The zero-order valence-electron chi connectivity index (χ0n) is 7.54. The number of nitrogens with zero attached hydrogens (tertiary/aromatic N) is 1. The van der Waals surface area contributed by atoms with Crippen molar-refractivity contribution in [2.75, 3.05) is 7.05 Å². The summed E-state index contributed by atoms with van der Waals surface area (Å²) in [6, 6.07) is 9.27. The zero-order valence-corrected chi connectivity index (χ0v) is 9.26. The Morgan fingerprint density at radius 1 is 1.50 bits per heavy atom. The van der Waals surface area contributed by atoms with Crippen LogP contribution >= 0.6 is 20.4 Å². The van der Waals surface area contributed by atoms with Gasteiger partial charge in [-0.25, -0.2) is 0 Å². The van der Waals surface area contributed by atoms with E-state index in [2.05, 4.69) is 5.20 Å². The van der Waals surface area contributed by atoms with Gasteiger partial charge >= 0.3 is 8.18 Å². The minimum atomic E-state index is -2.42. The van der Waals surface area contributed by atoms with Gasteiger partial charge in [-0.15, -0.1) is 4.89 Å². The van der Waals surface area contributed by atoms with Crippen LogP contribution in [0.25, 0.3) is 0 Å². The normalized spacial score (nSPS) is 10.9. The Morgan fingerprint density at radius 2 is 2.07 bits per heavy atom. The number of benzene rings is 1. The van der Waals surface area contributed by atoms with Gasteiger partial charge in [0.1, 0.15) is 4.99 Å². The average Bonchev–Trinajstić information content (AvgIpc) is 2.17. The van der Waals surface area contributed by atoms with E-state index in [1.807, 2.05) is 30.3 Å². The molecule has 0 spiro atoms. The molecule has 0 fully saturated rings. The van der Waals surface area contributed by atoms with Crippen molar-refractivity contribution in [2.24, 2.45) is 0 Å². The van der Waals surface area contributed by atoms with Crippen molar-refractivity contribution in [3.05, 3.63) is 35.9 Å². The van der Waals surface area contributed by atoms with E-state index in [-0.39, 0.29) is 0 Å².